The molecule has 1 atom stereocenters. The van der Waals surface area contributed by atoms with Crippen molar-refractivity contribution in [3.8, 4) is 0 Å². The summed E-state index contributed by atoms with van der Waals surface area (Å²) in [5.41, 5.74) is 2.15. The molecule has 0 heterocycles. The number of carbonyl (C=O) groups is 1. The molecule has 0 spiro atoms. The largest absolute Gasteiger partial charge is 0.350 e. The summed E-state index contributed by atoms with van der Waals surface area (Å²) < 4.78 is 27.6. The number of carbonyl (C=O) groups excluding carboxylic acids is 1. The average molecular weight is 425 g/mol. The van der Waals surface area contributed by atoms with E-state index in [0.29, 0.717) is 0 Å². The normalized spacial score (nSPS) is 12.6. The highest BCUT2D eigenvalue weighted by Gasteiger charge is 2.15. The molecule has 25 heavy (non-hydrogen) atoms. The Balaban J connectivity index is 1.86. The Morgan fingerprint density at radius 3 is 2.40 bits per heavy atom. The van der Waals surface area contributed by atoms with E-state index in [4.69, 9.17) is 0 Å². The molecule has 0 saturated heterocycles. The highest BCUT2D eigenvalue weighted by Crippen LogP contribution is 2.17. The highest BCUT2D eigenvalue weighted by molar-refractivity contribution is 9.10. The molecule has 2 aromatic carbocycles. The van der Waals surface area contributed by atoms with Crippen LogP contribution in [0.4, 0.5) is 0 Å². The van der Waals surface area contributed by atoms with Crippen molar-refractivity contribution < 1.29 is 13.2 Å². The van der Waals surface area contributed by atoms with Crippen LogP contribution in [-0.2, 0) is 14.8 Å². The molecular weight excluding hydrogens is 404 g/mol. The molecule has 0 radical (unpaired) electrons. The van der Waals surface area contributed by atoms with E-state index in [0.717, 1.165) is 15.6 Å². The molecular formula is C18H21BrN2O3S. The number of hydrogen-bond acceptors (Lipinski definition) is 3. The van der Waals surface area contributed by atoms with E-state index in [9.17, 15) is 13.2 Å². The third kappa shape index (κ3) is 5.66. The zero-order chi connectivity index (χ0) is 18.4. The van der Waals surface area contributed by atoms with Crippen molar-refractivity contribution in [3.05, 3.63) is 64.1 Å². The molecule has 1 amide bonds. The number of hydrogen-bond donors (Lipinski definition) is 2. The van der Waals surface area contributed by atoms with Gasteiger partial charge >= 0.3 is 0 Å². The van der Waals surface area contributed by atoms with Crippen molar-refractivity contribution in [1.29, 1.82) is 0 Å². The first-order chi connectivity index (χ1) is 11.8. The van der Waals surface area contributed by atoms with Crippen LogP contribution in [0.5, 0.6) is 0 Å². The predicted molar refractivity (Wildman–Crippen MR) is 102 cm³/mol. The van der Waals surface area contributed by atoms with Gasteiger partial charge in [-0.05, 0) is 49.2 Å². The maximum atomic E-state index is 12.2. The second-order valence-corrected chi connectivity index (χ2v) is 8.43. The van der Waals surface area contributed by atoms with E-state index < -0.39 is 10.0 Å². The summed E-state index contributed by atoms with van der Waals surface area (Å²) in [4.78, 5) is 12.2. The minimum absolute atomic E-state index is 0.0464. The lowest BCUT2D eigenvalue weighted by Gasteiger charge is -2.16. The molecule has 2 N–H and O–H groups in total. The van der Waals surface area contributed by atoms with E-state index in [1.54, 1.807) is 12.1 Å². The van der Waals surface area contributed by atoms with Crippen molar-refractivity contribution in [2.45, 2.75) is 31.2 Å². The summed E-state index contributed by atoms with van der Waals surface area (Å²) in [6.45, 7) is 3.95. The zero-order valence-corrected chi connectivity index (χ0v) is 16.5. The van der Waals surface area contributed by atoms with Crippen LogP contribution in [0.3, 0.4) is 0 Å². The third-order valence-corrected chi connectivity index (χ3v) is 5.81. The molecule has 5 nitrogen and oxygen atoms in total. The summed E-state index contributed by atoms with van der Waals surface area (Å²) in [7, 11) is -3.61. The lowest BCUT2D eigenvalue weighted by Crippen LogP contribution is -2.32. The monoisotopic (exact) mass is 424 g/mol. The Morgan fingerprint density at radius 2 is 1.76 bits per heavy atom. The SMILES string of the molecule is Cc1ccccc1C(C)NC(=O)CCNS(=O)(=O)c1ccc(Br)cc1. The number of benzene rings is 2. The first-order valence-electron chi connectivity index (χ1n) is 7.90. The molecule has 2 aromatic rings. The van der Waals surface area contributed by atoms with Gasteiger partial charge in [0.2, 0.25) is 15.9 Å². The Labute approximate surface area is 157 Å². The van der Waals surface area contributed by atoms with Gasteiger partial charge in [0.05, 0.1) is 10.9 Å². The van der Waals surface area contributed by atoms with Gasteiger partial charge in [-0.15, -0.1) is 0 Å². The molecule has 2 rings (SSSR count). The van der Waals surface area contributed by atoms with Crippen LogP contribution >= 0.6 is 15.9 Å². The second kappa shape index (κ2) is 8.60. The fourth-order valence-electron chi connectivity index (χ4n) is 2.46. The van der Waals surface area contributed by atoms with Crippen LogP contribution in [0.15, 0.2) is 57.9 Å². The van der Waals surface area contributed by atoms with Crippen molar-refractivity contribution in [1.82, 2.24) is 10.0 Å². The summed E-state index contributed by atoms with van der Waals surface area (Å²) >= 11 is 3.26. The number of rotatable bonds is 7. The van der Waals surface area contributed by atoms with Crippen LogP contribution in [0.1, 0.15) is 30.5 Å². The Hall–Kier alpha value is -1.70. The van der Waals surface area contributed by atoms with Gasteiger partial charge in [-0.25, -0.2) is 13.1 Å². The van der Waals surface area contributed by atoms with Crippen LogP contribution in [0.25, 0.3) is 0 Å². The topological polar surface area (TPSA) is 75.3 Å². The van der Waals surface area contributed by atoms with Gasteiger partial charge < -0.3 is 5.32 Å². The minimum atomic E-state index is -3.61. The maximum absolute atomic E-state index is 12.2. The average Bonchev–Trinajstić information content (AvgIpc) is 2.55. The minimum Gasteiger partial charge on any atom is -0.350 e. The van der Waals surface area contributed by atoms with E-state index in [-0.39, 0.29) is 29.8 Å². The third-order valence-electron chi connectivity index (χ3n) is 3.80. The van der Waals surface area contributed by atoms with Gasteiger partial charge in [0.15, 0.2) is 0 Å². The number of sulfonamides is 1. The van der Waals surface area contributed by atoms with Gasteiger partial charge in [0.1, 0.15) is 0 Å². The quantitative estimate of drug-likeness (QED) is 0.715. The van der Waals surface area contributed by atoms with Crippen molar-refractivity contribution in [3.63, 3.8) is 0 Å². The van der Waals surface area contributed by atoms with E-state index >= 15 is 0 Å². The molecule has 134 valence electrons. The first-order valence-corrected chi connectivity index (χ1v) is 10.2. The van der Waals surface area contributed by atoms with Gasteiger partial charge in [0.25, 0.3) is 0 Å². The molecule has 1 unspecified atom stereocenters. The maximum Gasteiger partial charge on any atom is 0.240 e. The fraction of sp³-hybridized carbons (Fsp3) is 0.278. The molecule has 0 aliphatic rings. The molecule has 0 fully saturated rings. The van der Waals surface area contributed by atoms with Crippen LogP contribution in [-0.4, -0.2) is 20.9 Å². The van der Waals surface area contributed by atoms with Crippen molar-refractivity contribution >= 4 is 31.9 Å². The molecule has 0 saturated carbocycles. The number of halogens is 1. The standard InChI is InChI=1S/C18H21BrN2O3S/c1-13-5-3-4-6-17(13)14(2)21-18(22)11-12-20-25(23,24)16-9-7-15(19)8-10-16/h3-10,14,20H,11-12H2,1-2H3,(H,21,22). The lowest BCUT2D eigenvalue weighted by atomic mass is 10.0. The molecule has 7 heteroatoms. The summed E-state index contributed by atoms with van der Waals surface area (Å²) in [6.07, 6.45) is 0.0754. The molecule has 0 aliphatic carbocycles. The van der Waals surface area contributed by atoms with Gasteiger partial charge in [-0.3, -0.25) is 4.79 Å². The highest BCUT2D eigenvalue weighted by atomic mass is 79.9. The summed E-state index contributed by atoms with van der Waals surface area (Å²) in [5, 5.41) is 2.89. The number of amides is 1. The van der Waals surface area contributed by atoms with Crippen LogP contribution in [0, 0.1) is 6.92 Å². The Bertz CT molecular complexity index is 836. The van der Waals surface area contributed by atoms with Crippen molar-refractivity contribution in [2.75, 3.05) is 6.54 Å². The van der Waals surface area contributed by atoms with Gasteiger partial charge in [-0.2, -0.15) is 0 Å². The Kier molecular flexibility index (Phi) is 6.75. The number of nitrogens with one attached hydrogen (secondary N) is 2. The molecule has 0 bridgehead atoms. The second-order valence-electron chi connectivity index (χ2n) is 5.75. The van der Waals surface area contributed by atoms with Gasteiger partial charge in [-0.1, -0.05) is 40.2 Å². The van der Waals surface area contributed by atoms with Crippen molar-refractivity contribution in [2.24, 2.45) is 0 Å². The summed E-state index contributed by atoms with van der Waals surface area (Å²) in [6, 6.07) is 14.0. The fourth-order valence-corrected chi connectivity index (χ4v) is 3.76. The van der Waals surface area contributed by atoms with Crippen LogP contribution in [0.2, 0.25) is 0 Å². The molecule has 0 aromatic heterocycles. The molecule has 0 aliphatic heterocycles. The van der Waals surface area contributed by atoms with E-state index in [2.05, 4.69) is 26.0 Å². The Morgan fingerprint density at radius 1 is 1.12 bits per heavy atom. The lowest BCUT2D eigenvalue weighted by molar-refractivity contribution is -0.121. The number of aryl methyl sites for hydroxylation is 1. The summed E-state index contributed by atoms with van der Waals surface area (Å²) in [5.74, 6) is -0.200. The zero-order valence-electron chi connectivity index (χ0n) is 14.1. The predicted octanol–water partition coefficient (Wildman–Crippen LogP) is 3.30. The van der Waals surface area contributed by atoms with E-state index in [1.807, 2.05) is 38.1 Å². The smallest absolute Gasteiger partial charge is 0.240 e. The van der Waals surface area contributed by atoms with E-state index in [1.165, 1.54) is 12.1 Å². The first kappa shape index (κ1) is 19.6. The van der Waals surface area contributed by atoms with Gasteiger partial charge in [0, 0.05) is 17.4 Å². The van der Waals surface area contributed by atoms with Crippen LogP contribution < -0.4 is 10.0 Å².